The van der Waals surface area contributed by atoms with Crippen molar-refractivity contribution in [3.63, 3.8) is 0 Å². The first-order valence-corrected chi connectivity index (χ1v) is 6.20. The van der Waals surface area contributed by atoms with Crippen LogP contribution in [0.25, 0.3) is 0 Å². The summed E-state index contributed by atoms with van der Waals surface area (Å²) in [4.78, 5) is 18.8. The van der Waals surface area contributed by atoms with Crippen molar-refractivity contribution in [3.8, 4) is 0 Å². The van der Waals surface area contributed by atoms with Crippen molar-refractivity contribution in [2.75, 3.05) is 13.2 Å². The van der Waals surface area contributed by atoms with Crippen molar-refractivity contribution in [2.45, 2.75) is 33.6 Å². The third-order valence-corrected chi connectivity index (χ3v) is 1.77. The molecule has 0 bridgehead atoms. The lowest BCUT2D eigenvalue weighted by Gasteiger charge is -1.99. The molecule has 0 saturated heterocycles. The largest absolute Gasteiger partial charge is 0.694 e. The van der Waals surface area contributed by atoms with Gasteiger partial charge in [0.25, 0.3) is 0 Å². The van der Waals surface area contributed by atoms with Gasteiger partial charge in [0.2, 0.25) is 0 Å². The Bertz CT molecular complexity index is 225. The summed E-state index contributed by atoms with van der Waals surface area (Å²) in [5.74, 6) is -0.535. The second-order valence-electron chi connectivity index (χ2n) is 2.99. The molecular formula is C10H20O5P+. The van der Waals surface area contributed by atoms with E-state index < -0.39 is 14.2 Å². The lowest BCUT2D eigenvalue weighted by atomic mass is 10.4. The Morgan fingerprint density at radius 1 is 1.31 bits per heavy atom. The standard InChI is InChI=1S/C6H9O5P.C4H10/c1-5(2)6(7)10-3-4-11-12(8)9;1-3-4-2/h1,3-4H2,2H3;3-4H2,1-2H3/p+1. The Hall–Kier alpha value is -0.770. The maximum Gasteiger partial charge on any atom is 0.694 e. The molecule has 6 heteroatoms. The van der Waals surface area contributed by atoms with Gasteiger partial charge in [0.05, 0.1) is 0 Å². The van der Waals surface area contributed by atoms with Gasteiger partial charge in [-0.3, -0.25) is 0 Å². The molecule has 0 aromatic rings. The van der Waals surface area contributed by atoms with Crippen molar-refractivity contribution >= 4 is 14.2 Å². The van der Waals surface area contributed by atoms with Gasteiger partial charge in [0, 0.05) is 10.1 Å². The SMILES string of the molecule is C=C(C)C(=O)OCCO[P+](=O)O.CCCC. The quantitative estimate of drug-likeness (QED) is 0.340. The lowest BCUT2D eigenvalue weighted by molar-refractivity contribution is -0.139. The number of rotatable bonds is 6. The summed E-state index contributed by atoms with van der Waals surface area (Å²) in [7, 11) is -2.61. The van der Waals surface area contributed by atoms with Gasteiger partial charge in [-0.2, -0.15) is 0 Å². The van der Waals surface area contributed by atoms with Crippen LogP contribution in [0.5, 0.6) is 0 Å². The Morgan fingerprint density at radius 3 is 2.12 bits per heavy atom. The first-order valence-electron chi connectivity index (χ1n) is 5.07. The van der Waals surface area contributed by atoms with E-state index in [9.17, 15) is 9.36 Å². The Kier molecular flexibility index (Phi) is 13.5. The summed E-state index contributed by atoms with van der Waals surface area (Å²) in [5, 5.41) is 0. The molecule has 0 radical (unpaired) electrons. The minimum Gasteiger partial charge on any atom is -0.460 e. The molecular weight excluding hydrogens is 231 g/mol. The minimum atomic E-state index is -2.61. The highest BCUT2D eigenvalue weighted by atomic mass is 31.1. The molecule has 0 aliphatic heterocycles. The average Bonchev–Trinajstić information content (AvgIpc) is 2.24. The maximum atomic E-state index is 10.7. The molecule has 0 aromatic heterocycles. The molecule has 0 aromatic carbocycles. The summed E-state index contributed by atoms with van der Waals surface area (Å²) in [6, 6.07) is 0. The topological polar surface area (TPSA) is 72.8 Å². The second-order valence-corrected chi connectivity index (χ2v) is 3.72. The van der Waals surface area contributed by atoms with Crippen LogP contribution in [0.1, 0.15) is 33.6 Å². The zero-order valence-electron chi connectivity index (χ0n) is 10.1. The lowest BCUT2D eigenvalue weighted by Crippen LogP contribution is -2.09. The van der Waals surface area contributed by atoms with Crippen LogP contribution in [0.4, 0.5) is 0 Å². The molecule has 1 N–H and O–H groups in total. The van der Waals surface area contributed by atoms with E-state index in [1.54, 1.807) is 0 Å². The molecule has 0 saturated carbocycles. The molecule has 0 spiro atoms. The Balaban J connectivity index is 0. The van der Waals surface area contributed by atoms with E-state index in [2.05, 4.69) is 29.7 Å². The van der Waals surface area contributed by atoms with E-state index in [0.29, 0.717) is 0 Å². The van der Waals surface area contributed by atoms with Crippen molar-refractivity contribution in [2.24, 2.45) is 0 Å². The highest BCUT2D eigenvalue weighted by Crippen LogP contribution is 2.13. The number of esters is 1. The second kappa shape index (κ2) is 12.3. The predicted molar refractivity (Wildman–Crippen MR) is 62.1 cm³/mol. The fourth-order valence-electron chi connectivity index (χ4n) is 0.373. The molecule has 0 aliphatic carbocycles. The van der Waals surface area contributed by atoms with Crippen molar-refractivity contribution in [1.82, 2.24) is 0 Å². The summed E-state index contributed by atoms with van der Waals surface area (Å²) in [5.41, 5.74) is 0.281. The number of ether oxygens (including phenoxy) is 1. The molecule has 94 valence electrons. The van der Waals surface area contributed by atoms with Crippen molar-refractivity contribution in [1.29, 1.82) is 0 Å². The summed E-state index contributed by atoms with van der Waals surface area (Å²) < 4.78 is 18.7. The normalized spacial score (nSPS) is 9.88. The fourth-order valence-corrected chi connectivity index (χ4v) is 0.604. The number of unbranched alkanes of at least 4 members (excludes halogenated alkanes) is 1. The molecule has 1 unspecified atom stereocenters. The third kappa shape index (κ3) is 15.7. The van der Waals surface area contributed by atoms with E-state index >= 15 is 0 Å². The highest BCUT2D eigenvalue weighted by Gasteiger charge is 2.11. The van der Waals surface area contributed by atoms with Gasteiger partial charge in [-0.25, -0.2) is 4.79 Å². The molecule has 16 heavy (non-hydrogen) atoms. The number of hydrogen-bond donors (Lipinski definition) is 1. The molecule has 0 amide bonds. The van der Waals surface area contributed by atoms with Crippen molar-refractivity contribution < 1.29 is 23.5 Å². The van der Waals surface area contributed by atoms with Crippen LogP contribution in [0.3, 0.4) is 0 Å². The Morgan fingerprint density at radius 2 is 1.81 bits per heavy atom. The monoisotopic (exact) mass is 251 g/mol. The van der Waals surface area contributed by atoms with Gasteiger partial charge in [-0.15, -0.1) is 9.42 Å². The van der Waals surface area contributed by atoms with Crippen LogP contribution in [-0.2, 0) is 18.6 Å². The Labute approximate surface area is 97.4 Å². The van der Waals surface area contributed by atoms with Crippen LogP contribution >= 0.6 is 8.25 Å². The molecule has 0 aliphatic rings. The smallest absolute Gasteiger partial charge is 0.460 e. The van der Waals surface area contributed by atoms with Gasteiger partial charge in [-0.1, -0.05) is 33.3 Å². The number of hydrogen-bond acceptors (Lipinski definition) is 4. The average molecular weight is 251 g/mol. The predicted octanol–water partition coefficient (Wildman–Crippen LogP) is 2.58. The van der Waals surface area contributed by atoms with Crippen LogP contribution in [0.2, 0.25) is 0 Å². The van der Waals surface area contributed by atoms with Crippen LogP contribution in [0.15, 0.2) is 12.2 Å². The van der Waals surface area contributed by atoms with Gasteiger partial charge in [-0.05, 0) is 6.92 Å². The van der Waals surface area contributed by atoms with Crippen LogP contribution in [0, 0.1) is 0 Å². The van der Waals surface area contributed by atoms with Gasteiger partial charge >= 0.3 is 14.2 Å². The van der Waals surface area contributed by atoms with E-state index in [-0.39, 0.29) is 18.8 Å². The first-order chi connectivity index (χ1) is 7.45. The third-order valence-electron chi connectivity index (χ3n) is 1.37. The molecule has 0 heterocycles. The molecule has 0 fully saturated rings. The fraction of sp³-hybridized carbons (Fsp3) is 0.700. The van der Waals surface area contributed by atoms with E-state index in [1.165, 1.54) is 19.8 Å². The molecule has 5 nitrogen and oxygen atoms in total. The van der Waals surface area contributed by atoms with Crippen LogP contribution in [-0.4, -0.2) is 24.1 Å². The van der Waals surface area contributed by atoms with E-state index in [1.807, 2.05) is 0 Å². The van der Waals surface area contributed by atoms with Crippen LogP contribution < -0.4 is 0 Å². The van der Waals surface area contributed by atoms with Gasteiger partial charge in [0.15, 0.2) is 0 Å². The zero-order chi connectivity index (χ0) is 13.0. The molecule has 1 atom stereocenters. The van der Waals surface area contributed by atoms with Crippen molar-refractivity contribution in [3.05, 3.63) is 12.2 Å². The number of carbonyl (C=O) groups is 1. The highest BCUT2D eigenvalue weighted by molar-refractivity contribution is 7.32. The zero-order valence-corrected chi connectivity index (χ0v) is 11.0. The first kappa shape index (κ1) is 17.6. The van der Waals surface area contributed by atoms with E-state index in [4.69, 9.17) is 4.89 Å². The summed E-state index contributed by atoms with van der Waals surface area (Å²) in [6.07, 6.45) is 2.64. The van der Waals surface area contributed by atoms with Gasteiger partial charge in [0.1, 0.15) is 13.2 Å². The minimum absolute atomic E-state index is 0.0483. The summed E-state index contributed by atoms with van der Waals surface area (Å²) in [6.45, 7) is 9.08. The van der Waals surface area contributed by atoms with E-state index in [0.717, 1.165) is 0 Å². The maximum absolute atomic E-state index is 10.7. The molecule has 0 rings (SSSR count). The number of carbonyl (C=O) groups excluding carboxylic acids is 1. The summed E-state index contributed by atoms with van der Waals surface area (Å²) >= 11 is 0. The van der Waals surface area contributed by atoms with Gasteiger partial charge < -0.3 is 4.74 Å².